The molecule has 0 aliphatic carbocycles. The second-order valence-electron chi connectivity index (χ2n) is 5.00. The van der Waals surface area contributed by atoms with Gasteiger partial charge in [-0.3, -0.25) is 4.79 Å². The van der Waals surface area contributed by atoms with Gasteiger partial charge in [0.05, 0.1) is 12.6 Å². The number of halogens is 1. The van der Waals surface area contributed by atoms with Gasteiger partial charge in [0.25, 0.3) is 0 Å². The molecule has 1 amide bonds. The van der Waals surface area contributed by atoms with Crippen molar-refractivity contribution in [2.45, 2.75) is 18.6 Å². The first kappa shape index (κ1) is 15.4. The van der Waals surface area contributed by atoms with Crippen molar-refractivity contribution in [1.82, 2.24) is 10.3 Å². The van der Waals surface area contributed by atoms with Gasteiger partial charge in [0.2, 0.25) is 5.91 Å². The maximum atomic E-state index is 11.9. The Hall–Kier alpha value is -1.47. The molecule has 1 aliphatic rings. The van der Waals surface area contributed by atoms with E-state index >= 15 is 0 Å². The Labute approximate surface area is 137 Å². The molecule has 116 valence electrons. The van der Waals surface area contributed by atoms with Gasteiger partial charge in [0, 0.05) is 29.2 Å². The zero-order valence-corrected chi connectivity index (χ0v) is 13.4. The molecule has 1 saturated heterocycles. The van der Waals surface area contributed by atoms with Crippen LogP contribution in [0.3, 0.4) is 0 Å². The minimum Gasteiger partial charge on any atom is -0.372 e. The molecule has 3 rings (SSSR count). The zero-order chi connectivity index (χ0) is 15.4. The van der Waals surface area contributed by atoms with Crippen LogP contribution in [0.2, 0.25) is 5.02 Å². The molecule has 2 aromatic rings. The maximum Gasteiger partial charge on any atom is 0.240 e. The van der Waals surface area contributed by atoms with Gasteiger partial charge in [0.15, 0.2) is 5.13 Å². The molecule has 5 nitrogen and oxygen atoms in total. The van der Waals surface area contributed by atoms with Gasteiger partial charge in [0.1, 0.15) is 0 Å². The van der Waals surface area contributed by atoms with Crippen LogP contribution in [-0.4, -0.2) is 30.1 Å². The van der Waals surface area contributed by atoms with Crippen LogP contribution in [0.15, 0.2) is 35.8 Å². The Morgan fingerprint density at radius 2 is 2.23 bits per heavy atom. The first-order chi connectivity index (χ1) is 10.7. The van der Waals surface area contributed by atoms with Crippen LogP contribution >= 0.6 is 22.9 Å². The van der Waals surface area contributed by atoms with Crippen LogP contribution in [0.5, 0.6) is 0 Å². The van der Waals surface area contributed by atoms with Crippen LogP contribution in [0.4, 0.5) is 5.13 Å². The first-order valence-corrected chi connectivity index (χ1v) is 8.28. The van der Waals surface area contributed by atoms with Gasteiger partial charge in [-0.15, -0.1) is 11.3 Å². The van der Waals surface area contributed by atoms with E-state index in [1.165, 1.54) is 11.3 Å². The number of ether oxygens (including phenoxy) is 1. The monoisotopic (exact) mass is 337 g/mol. The summed E-state index contributed by atoms with van der Waals surface area (Å²) in [7, 11) is 0. The van der Waals surface area contributed by atoms with E-state index in [1.54, 1.807) is 6.20 Å². The van der Waals surface area contributed by atoms with Gasteiger partial charge in [-0.2, -0.15) is 0 Å². The largest absolute Gasteiger partial charge is 0.372 e. The molecule has 2 atom stereocenters. The highest BCUT2D eigenvalue weighted by Gasteiger charge is 2.29. The molecule has 22 heavy (non-hydrogen) atoms. The summed E-state index contributed by atoms with van der Waals surface area (Å²) in [6.45, 7) is 0.913. The van der Waals surface area contributed by atoms with E-state index in [0.717, 1.165) is 12.0 Å². The number of hydrogen-bond donors (Lipinski definition) is 2. The number of amides is 1. The summed E-state index contributed by atoms with van der Waals surface area (Å²) in [5, 5.41) is 9.16. The predicted molar refractivity (Wildman–Crippen MR) is 87.3 cm³/mol. The SMILES string of the molecule is O=C(CN[C@@H]1CCO[C@H]1c1ccc(Cl)cc1)Nc1nccs1. The fourth-order valence-corrected chi connectivity index (χ4v) is 3.12. The van der Waals surface area contributed by atoms with Gasteiger partial charge in [-0.1, -0.05) is 23.7 Å². The van der Waals surface area contributed by atoms with E-state index in [4.69, 9.17) is 16.3 Å². The van der Waals surface area contributed by atoms with Gasteiger partial charge in [-0.05, 0) is 24.1 Å². The predicted octanol–water partition coefficient (Wildman–Crippen LogP) is 2.85. The molecule has 1 fully saturated rings. The highest BCUT2D eigenvalue weighted by molar-refractivity contribution is 7.13. The Bertz CT molecular complexity index is 618. The maximum absolute atomic E-state index is 11.9. The average Bonchev–Trinajstić information content (AvgIpc) is 3.17. The summed E-state index contributed by atoms with van der Waals surface area (Å²) >= 11 is 7.31. The number of aromatic nitrogens is 1. The summed E-state index contributed by atoms with van der Waals surface area (Å²) in [4.78, 5) is 15.9. The number of hydrogen-bond acceptors (Lipinski definition) is 5. The van der Waals surface area contributed by atoms with E-state index in [2.05, 4.69) is 15.6 Å². The molecule has 1 aromatic heterocycles. The number of carbonyl (C=O) groups excluding carboxylic acids is 1. The van der Waals surface area contributed by atoms with Crippen molar-refractivity contribution in [3.8, 4) is 0 Å². The van der Waals surface area contributed by atoms with Crippen molar-refractivity contribution >= 4 is 34.0 Å². The second-order valence-corrected chi connectivity index (χ2v) is 6.34. The summed E-state index contributed by atoms with van der Waals surface area (Å²) in [6, 6.07) is 7.74. The summed E-state index contributed by atoms with van der Waals surface area (Å²) < 4.78 is 5.78. The van der Waals surface area contributed by atoms with E-state index < -0.39 is 0 Å². The number of nitrogens with zero attached hydrogens (tertiary/aromatic N) is 1. The minimum absolute atomic E-state index is 0.0510. The third-order valence-electron chi connectivity index (χ3n) is 3.49. The van der Waals surface area contributed by atoms with Crippen molar-refractivity contribution in [3.63, 3.8) is 0 Å². The van der Waals surface area contributed by atoms with E-state index in [9.17, 15) is 4.79 Å². The molecule has 1 aromatic carbocycles. The molecule has 0 unspecified atom stereocenters. The fraction of sp³-hybridized carbons (Fsp3) is 0.333. The highest BCUT2D eigenvalue weighted by Crippen LogP contribution is 2.29. The lowest BCUT2D eigenvalue weighted by atomic mass is 10.0. The lowest BCUT2D eigenvalue weighted by Gasteiger charge is -2.20. The van der Waals surface area contributed by atoms with Crippen LogP contribution < -0.4 is 10.6 Å². The van der Waals surface area contributed by atoms with Crippen LogP contribution in [-0.2, 0) is 9.53 Å². The van der Waals surface area contributed by atoms with E-state index in [0.29, 0.717) is 16.8 Å². The number of nitrogens with one attached hydrogen (secondary N) is 2. The van der Waals surface area contributed by atoms with Gasteiger partial charge >= 0.3 is 0 Å². The number of carbonyl (C=O) groups is 1. The first-order valence-electron chi connectivity index (χ1n) is 7.02. The number of thiazole rings is 1. The standard InChI is InChI=1S/C15H16ClN3O2S/c16-11-3-1-10(2-4-11)14-12(5-7-21-14)18-9-13(20)19-15-17-6-8-22-15/h1-4,6,8,12,14,18H,5,7,9H2,(H,17,19,20)/t12-,14+/m1/s1. The second kappa shape index (κ2) is 7.19. The third kappa shape index (κ3) is 3.84. The van der Waals surface area contributed by atoms with Crippen molar-refractivity contribution in [2.75, 3.05) is 18.5 Å². The van der Waals surface area contributed by atoms with Crippen molar-refractivity contribution in [1.29, 1.82) is 0 Å². The van der Waals surface area contributed by atoms with Crippen LogP contribution in [0.25, 0.3) is 0 Å². The highest BCUT2D eigenvalue weighted by atomic mass is 35.5. The Kier molecular flexibility index (Phi) is 5.04. The number of rotatable bonds is 5. The van der Waals surface area contributed by atoms with Gasteiger partial charge < -0.3 is 15.4 Å². The molecule has 1 aliphatic heterocycles. The minimum atomic E-state index is -0.100. The average molecular weight is 338 g/mol. The van der Waals surface area contributed by atoms with E-state index in [1.807, 2.05) is 29.6 Å². The number of benzene rings is 1. The van der Waals surface area contributed by atoms with Crippen LogP contribution in [0, 0.1) is 0 Å². The topological polar surface area (TPSA) is 63.2 Å². The summed E-state index contributed by atoms with van der Waals surface area (Å²) in [5.74, 6) is -0.100. The molecule has 2 heterocycles. The molecule has 0 spiro atoms. The smallest absolute Gasteiger partial charge is 0.240 e. The zero-order valence-electron chi connectivity index (χ0n) is 11.8. The lowest BCUT2D eigenvalue weighted by molar-refractivity contribution is -0.115. The van der Waals surface area contributed by atoms with Crippen LogP contribution in [0.1, 0.15) is 18.1 Å². The Balaban J connectivity index is 1.55. The Morgan fingerprint density at radius 1 is 1.41 bits per heavy atom. The fourth-order valence-electron chi connectivity index (χ4n) is 2.45. The lowest BCUT2D eigenvalue weighted by Crippen LogP contribution is -2.37. The van der Waals surface area contributed by atoms with Crippen molar-refractivity contribution in [3.05, 3.63) is 46.4 Å². The van der Waals surface area contributed by atoms with Crippen molar-refractivity contribution in [2.24, 2.45) is 0 Å². The molecule has 0 saturated carbocycles. The molecule has 0 bridgehead atoms. The van der Waals surface area contributed by atoms with Crippen molar-refractivity contribution < 1.29 is 9.53 Å². The third-order valence-corrected chi connectivity index (χ3v) is 4.43. The molecule has 2 N–H and O–H groups in total. The molecular formula is C15H16ClN3O2S. The quantitative estimate of drug-likeness (QED) is 0.880. The molecular weight excluding hydrogens is 322 g/mol. The normalized spacial score (nSPS) is 21.0. The molecule has 7 heteroatoms. The summed E-state index contributed by atoms with van der Waals surface area (Å²) in [5.41, 5.74) is 1.07. The number of anilines is 1. The van der Waals surface area contributed by atoms with Gasteiger partial charge in [-0.25, -0.2) is 4.98 Å². The van der Waals surface area contributed by atoms with E-state index in [-0.39, 0.29) is 24.6 Å². The molecule has 0 radical (unpaired) electrons. The summed E-state index contributed by atoms with van der Waals surface area (Å²) in [6.07, 6.45) is 2.48. The Morgan fingerprint density at radius 3 is 2.95 bits per heavy atom.